The number of hydrogen-bond donors (Lipinski definition) is 1. The number of imidazole rings is 1. The minimum Gasteiger partial charge on any atom is -0.497 e. The first-order valence-electron chi connectivity index (χ1n) is 7.18. The molecule has 106 valence electrons. The molecule has 1 fully saturated rings. The topological polar surface area (TPSA) is 39.1 Å². The fourth-order valence-electron chi connectivity index (χ4n) is 2.89. The molecule has 1 N–H and O–H groups in total. The standard InChI is InChI=1S/C16H21N3O/c1-12(13-5-7-14(20-2)8-6-13)19-11-17-10-16(19)15-4-3-9-18-15/h5-8,10-12,15,18H,3-4,9H2,1-2H3. The Labute approximate surface area is 119 Å². The molecule has 4 heteroatoms. The number of rotatable bonds is 4. The van der Waals surface area contributed by atoms with Crippen molar-refractivity contribution in [2.24, 2.45) is 0 Å². The molecule has 2 aromatic rings. The highest BCUT2D eigenvalue weighted by Gasteiger charge is 2.22. The van der Waals surface area contributed by atoms with E-state index >= 15 is 0 Å². The molecule has 1 saturated heterocycles. The molecule has 1 aliphatic rings. The van der Waals surface area contributed by atoms with Crippen LogP contribution in [0.25, 0.3) is 0 Å². The molecule has 0 saturated carbocycles. The zero-order valence-electron chi connectivity index (χ0n) is 12.0. The highest BCUT2D eigenvalue weighted by Crippen LogP contribution is 2.28. The van der Waals surface area contributed by atoms with E-state index in [9.17, 15) is 0 Å². The van der Waals surface area contributed by atoms with Crippen molar-refractivity contribution in [1.82, 2.24) is 14.9 Å². The van der Waals surface area contributed by atoms with Gasteiger partial charge in [-0.1, -0.05) is 12.1 Å². The Morgan fingerprint density at radius 2 is 2.15 bits per heavy atom. The number of methoxy groups -OCH3 is 1. The molecule has 4 nitrogen and oxygen atoms in total. The summed E-state index contributed by atoms with van der Waals surface area (Å²) in [5, 5.41) is 3.54. The summed E-state index contributed by atoms with van der Waals surface area (Å²) in [6, 6.07) is 8.98. The average molecular weight is 271 g/mol. The molecule has 20 heavy (non-hydrogen) atoms. The molecule has 2 unspecified atom stereocenters. The van der Waals surface area contributed by atoms with Gasteiger partial charge in [-0.3, -0.25) is 0 Å². The van der Waals surface area contributed by atoms with Crippen molar-refractivity contribution < 1.29 is 4.74 Å². The van der Waals surface area contributed by atoms with Crippen LogP contribution in [0.5, 0.6) is 5.75 Å². The molecule has 0 amide bonds. The molecule has 0 spiro atoms. The molecule has 2 heterocycles. The molecule has 0 radical (unpaired) electrons. The number of nitrogens with zero attached hydrogens (tertiary/aromatic N) is 2. The fourth-order valence-corrected chi connectivity index (χ4v) is 2.89. The Morgan fingerprint density at radius 1 is 1.35 bits per heavy atom. The molecule has 1 aromatic heterocycles. The van der Waals surface area contributed by atoms with E-state index in [0.717, 1.165) is 12.3 Å². The van der Waals surface area contributed by atoms with Crippen LogP contribution in [0.1, 0.15) is 43.1 Å². The van der Waals surface area contributed by atoms with E-state index in [-0.39, 0.29) is 6.04 Å². The second kappa shape index (κ2) is 5.67. The van der Waals surface area contributed by atoms with Crippen LogP contribution < -0.4 is 10.1 Å². The zero-order valence-corrected chi connectivity index (χ0v) is 12.0. The summed E-state index contributed by atoms with van der Waals surface area (Å²) in [6.07, 6.45) is 6.36. The van der Waals surface area contributed by atoms with Crippen molar-refractivity contribution in [1.29, 1.82) is 0 Å². The number of nitrogens with one attached hydrogen (secondary N) is 1. The Morgan fingerprint density at radius 3 is 2.80 bits per heavy atom. The first-order chi connectivity index (χ1) is 9.79. The van der Waals surface area contributed by atoms with E-state index < -0.39 is 0 Å². The highest BCUT2D eigenvalue weighted by molar-refractivity contribution is 5.30. The van der Waals surface area contributed by atoms with Crippen LogP contribution >= 0.6 is 0 Å². The predicted octanol–water partition coefficient (Wildman–Crippen LogP) is 2.93. The third-order valence-corrected chi connectivity index (χ3v) is 4.13. The Bertz CT molecular complexity index is 555. The van der Waals surface area contributed by atoms with Crippen molar-refractivity contribution >= 4 is 0 Å². The minimum atomic E-state index is 0.279. The maximum atomic E-state index is 5.22. The number of aromatic nitrogens is 2. The predicted molar refractivity (Wildman–Crippen MR) is 79.0 cm³/mol. The van der Waals surface area contributed by atoms with Gasteiger partial charge in [0.1, 0.15) is 5.75 Å². The number of benzene rings is 1. The molecule has 0 bridgehead atoms. The molecule has 1 aliphatic heterocycles. The lowest BCUT2D eigenvalue weighted by molar-refractivity contribution is 0.414. The Kier molecular flexibility index (Phi) is 3.74. The monoisotopic (exact) mass is 271 g/mol. The smallest absolute Gasteiger partial charge is 0.118 e. The van der Waals surface area contributed by atoms with E-state index in [0.29, 0.717) is 6.04 Å². The van der Waals surface area contributed by atoms with Gasteiger partial charge in [0.15, 0.2) is 0 Å². The van der Waals surface area contributed by atoms with E-state index in [1.165, 1.54) is 24.1 Å². The lowest BCUT2D eigenvalue weighted by Gasteiger charge is -2.20. The fraction of sp³-hybridized carbons (Fsp3) is 0.438. The van der Waals surface area contributed by atoms with Crippen LogP contribution in [0.3, 0.4) is 0 Å². The van der Waals surface area contributed by atoms with Crippen LogP contribution in [0.4, 0.5) is 0 Å². The third-order valence-electron chi connectivity index (χ3n) is 4.13. The summed E-state index contributed by atoms with van der Waals surface area (Å²) < 4.78 is 7.48. The van der Waals surface area contributed by atoms with E-state index in [1.807, 2.05) is 24.7 Å². The molecular weight excluding hydrogens is 250 g/mol. The van der Waals surface area contributed by atoms with Crippen LogP contribution in [0.2, 0.25) is 0 Å². The Balaban J connectivity index is 1.86. The van der Waals surface area contributed by atoms with Crippen LogP contribution in [0.15, 0.2) is 36.8 Å². The van der Waals surface area contributed by atoms with Gasteiger partial charge in [0.05, 0.1) is 25.2 Å². The van der Waals surface area contributed by atoms with Gasteiger partial charge >= 0.3 is 0 Å². The molecule has 0 aliphatic carbocycles. The lowest BCUT2D eigenvalue weighted by atomic mass is 10.1. The second-order valence-corrected chi connectivity index (χ2v) is 5.32. The maximum absolute atomic E-state index is 5.22. The molecular formula is C16H21N3O. The van der Waals surface area contributed by atoms with Gasteiger partial charge in [-0.05, 0) is 44.0 Å². The van der Waals surface area contributed by atoms with Crippen LogP contribution in [-0.2, 0) is 0 Å². The largest absolute Gasteiger partial charge is 0.497 e. The third kappa shape index (κ3) is 2.43. The van der Waals surface area contributed by atoms with Gasteiger partial charge in [0, 0.05) is 12.2 Å². The van der Waals surface area contributed by atoms with Crippen molar-refractivity contribution in [3.05, 3.63) is 48.0 Å². The van der Waals surface area contributed by atoms with E-state index in [2.05, 4.69) is 33.9 Å². The SMILES string of the molecule is COc1ccc(C(C)n2cncc2C2CCCN2)cc1. The van der Waals surface area contributed by atoms with Crippen molar-refractivity contribution in [3.63, 3.8) is 0 Å². The molecule has 1 aromatic carbocycles. The normalized spacial score (nSPS) is 20.0. The minimum absolute atomic E-state index is 0.279. The van der Waals surface area contributed by atoms with E-state index in [1.54, 1.807) is 7.11 Å². The lowest BCUT2D eigenvalue weighted by Crippen LogP contribution is -2.18. The molecule has 2 atom stereocenters. The summed E-state index contributed by atoms with van der Waals surface area (Å²) in [5.74, 6) is 0.893. The summed E-state index contributed by atoms with van der Waals surface area (Å²) >= 11 is 0. The van der Waals surface area contributed by atoms with Gasteiger partial charge in [0.2, 0.25) is 0 Å². The van der Waals surface area contributed by atoms with E-state index in [4.69, 9.17) is 4.74 Å². The van der Waals surface area contributed by atoms with Gasteiger partial charge in [-0.25, -0.2) is 4.98 Å². The number of hydrogen-bond acceptors (Lipinski definition) is 3. The highest BCUT2D eigenvalue weighted by atomic mass is 16.5. The van der Waals surface area contributed by atoms with Gasteiger partial charge in [0.25, 0.3) is 0 Å². The van der Waals surface area contributed by atoms with Crippen molar-refractivity contribution in [2.45, 2.75) is 31.8 Å². The summed E-state index contributed by atoms with van der Waals surface area (Å²) in [7, 11) is 1.69. The summed E-state index contributed by atoms with van der Waals surface area (Å²) in [6.45, 7) is 3.31. The summed E-state index contributed by atoms with van der Waals surface area (Å²) in [5.41, 5.74) is 2.55. The quantitative estimate of drug-likeness (QED) is 0.929. The summed E-state index contributed by atoms with van der Waals surface area (Å²) in [4.78, 5) is 4.35. The van der Waals surface area contributed by atoms with Gasteiger partial charge in [-0.2, -0.15) is 0 Å². The van der Waals surface area contributed by atoms with Crippen LogP contribution in [-0.4, -0.2) is 23.2 Å². The number of ether oxygens (including phenoxy) is 1. The average Bonchev–Trinajstić information content (AvgIpc) is 3.16. The first kappa shape index (κ1) is 13.2. The maximum Gasteiger partial charge on any atom is 0.118 e. The van der Waals surface area contributed by atoms with Gasteiger partial charge < -0.3 is 14.6 Å². The van der Waals surface area contributed by atoms with Crippen molar-refractivity contribution in [3.8, 4) is 5.75 Å². The Hall–Kier alpha value is -1.81. The molecule has 3 rings (SSSR count). The first-order valence-corrected chi connectivity index (χ1v) is 7.18. The van der Waals surface area contributed by atoms with Crippen LogP contribution in [0, 0.1) is 0 Å². The second-order valence-electron chi connectivity index (χ2n) is 5.32. The van der Waals surface area contributed by atoms with Gasteiger partial charge in [-0.15, -0.1) is 0 Å². The van der Waals surface area contributed by atoms with Crippen molar-refractivity contribution in [2.75, 3.05) is 13.7 Å². The zero-order chi connectivity index (χ0) is 13.9.